The number of benzene rings is 5. The summed E-state index contributed by atoms with van der Waals surface area (Å²) in [6.07, 6.45) is 22.4. The standard InChI is InChI=1S/C59H47N5OS/c1-4-19-46-48(5-2)64(50-34-33-45-43-26-14-17-30-53(43)66-56(45)54(46)50)40-31-32-47(59-61-57(38-20-8-6-9-21-38)60-58(62-59)39-22-10-7-11-23-39)51(36-40)63-35-18-27-44-42-25-13-16-29-52(42)65-55(44)37(3)41-24-12-15-28-49(41)63/h4,6-12,14,16-24,26-27,29-34,36H,3,5,13,15,25,28,35H2,1-2H3/b19-4-,27-18-. The van der Waals surface area contributed by atoms with Gasteiger partial charge in [0.15, 0.2) is 17.5 Å². The van der Waals surface area contributed by atoms with Crippen molar-refractivity contribution in [3.05, 3.63) is 197 Å². The summed E-state index contributed by atoms with van der Waals surface area (Å²) in [6.45, 7) is 9.79. The lowest BCUT2D eigenvalue weighted by Gasteiger charge is -2.32. The molecular formula is C59H47N5OS. The molecule has 320 valence electrons. The van der Waals surface area contributed by atoms with Gasteiger partial charge in [-0.25, -0.2) is 15.0 Å². The summed E-state index contributed by atoms with van der Waals surface area (Å²) < 4.78 is 11.8. The van der Waals surface area contributed by atoms with E-state index in [9.17, 15) is 0 Å². The first kappa shape index (κ1) is 39.9. The molecular weight excluding hydrogens is 827 g/mol. The molecule has 1 aliphatic heterocycles. The Kier molecular flexibility index (Phi) is 9.94. The normalized spacial score (nSPS) is 15.4. The van der Waals surface area contributed by atoms with E-state index in [2.05, 4.69) is 151 Å². The van der Waals surface area contributed by atoms with E-state index in [0.29, 0.717) is 24.0 Å². The quantitative estimate of drug-likeness (QED) is 0.160. The predicted molar refractivity (Wildman–Crippen MR) is 277 cm³/mol. The second-order valence-electron chi connectivity index (χ2n) is 17.1. The molecule has 4 aromatic heterocycles. The Bertz CT molecular complexity index is 3520. The van der Waals surface area contributed by atoms with Gasteiger partial charge in [0.2, 0.25) is 0 Å². The number of furan rings is 1. The van der Waals surface area contributed by atoms with Gasteiger partial charge >= 0.3 is 0 Å². The molecule has 3 aliphatic rings. The van der Waals surface area contributed by atoms with Crippen LogP contribution in [0.4, 0.5) is 5.69 Å². The van der Waals surface area contributed by atoms with Crippen molar-refractivity contribution in [1.82, 2.24) is 19.5 Å². The zero-order valence-electron chi connectivity index (χ0n) is 37.1. The molecule has 7 heteroatoms. The van der Waals surface area contributed by atoms with Crippen LogP contribution in [-0.4, -0.2) is 26.1 Å². The lowest BCUT2D eigenvalue weighted by atomic mass is 9.92. The maximum absolute atomic E-state index is 6.68. The molecule has 0 radical (unpaired) electrons. The third kappa shape index (κ3) is 6.56. The highest BCUT2D eigenvalue weighted by Gasteiger charge is 2.30. The van der Waals surface area contributed by atoms with Crippen LogP contribution in [0.5, 0.6) is 0 Å². The lowest BCUT2D eigenvalue weighted by molar-refractivity contribution is 0.538. The molecule has 9 aromatic rings. The summed E-state index contributed by atoms with van der Waals surface area (Å²) in [4.78, 5) is 18.2. The number of hydrogen-bond donors (Lipinski definition) is 0. The van der Waals surface area contributed by atoms with Crippen LogP contribution < -0.4 is 4.90 Å². The van der Waals surface area contributed by atoms with Crippen molar-refractivity contribution in [2.75, 3.05) is 11.4 Å². The number of aromatic nitrogens is 4. The molecule has 5 aromatic carbocycles. The maximum atomic E-state index is 6.68. The number of thiophene rings is 1. The molecule has 12 rings (SSSR count). The van der Waals surface area contributed by atoms with Crippen LogP contribution in [-0.2, 0) is 12.8 Å². The van der Waals surface area contributed by atoms with Crippen molar-refractivity contribution < 1.29 is 4.42 Å². The molecule has 6 nitrogen and oxygen atoms in total. The van der Waals surface area contributed by atoms with Crippen LogP contribution in [0.1, 0.15) is 67.0 Å². The highest BCUT2D eigenvalue weighted by Crippen LogP contribution is 2.46. The molecule has 0 amide bonds. The van der Waals surface area contributed by atoms with Crippen LogP contribution in [0.3, 0.4) is 0 Å². The smallest absolute Gasteiger partial charge is 0.166 e. The minimum Gasteiger partial charge on any atom is -0.456 e. The van der Waals surface area contributed by atoms with E-state index in [1.54, 1.807) is 0 Å². The second-order valence-corrected chi connectivity index (χ2v) is 18.2. The summed E-state index contributed by atoms with van der Waals surface area (Å²) in [7, 11) is 0. The highest BCUT2D eigenvalue weighted by molar-refractivity contribution is 7.26. The topological polar surface area (TPSA) is 60.0 Å². The van der Waals surface area contributed by atoms with Crippen molar-refractivity contribution in [2.24, 2.45) is 0 Å². The fraction of sp³-hybridized carbons (Fsp3) is 0.136. The third-order valence-electron chi connectivity index (χ3n) is 13.3. The Balaban J connectivity index is 1.13. The zero-order chi connectivity index (χ0) is 44.3. The molecule has 0 bridgehead atoms. The zero-order valence-corrected chi connectivity index (χ0v) is 37.9. The number of hydrogen-bond acceptors (Lipinski definition) is 6. The molecule has 0 saturated heterocycles. The predicted octanol–water partition coefficient (Wildman–Crippen LogP) is 15.5. The maximum Gasteiger partial charge on any atom is 0.166 e. The molecule has 0 saturated carbocycles. The molecule has 5 heterocycles. The van der Waals surface area contributed by atoms with E-state index in [0.717, 1.165) is 88.4 Å². The Labute approximate surface area is 388 Å². The largest absolute Gasteiger partial charge is 0.456 e. The number of anilines is 1. The van der Waals surface area contributed by atoms with Gasteiger partial charge in [-0.15, -0.1) is 11.3 Å². The Morgan fingerprint density at radius 3 is 2.24 bits per heavy atom. The van der Waals surface area contributed by atoms with Crippen molar-refractivity contribution >= 4 is 71.9 Å². The van der Waals surface area contributed by atoms with Crippen molar-refractivity contribution in [1.29, 1.82) is 0 Å². The van der Waals surface area contributed by atoms with Crippen molar-refractivity contribution in [3.63, 3.8) is 0 Å². The minimum absolute atomic E-state index is 0.614. The van der Waals surface area contributed by atoms with Gasteiger partial charge in [-0.05, 0) is 75.4 Å². The molecule has 66 heavy (non-hydrogen) atoms. The van der Waals surface area contributed by atoms with E-state index < -0.39 is 0 Å². The average Bonchev–Trinajstić information content (AvgIpc) is 4.05. The first-order valence-corrected chi connectivity index (χ1v) is 23.9. The highest BCUT2D eigenvalue weighted by atomic mass is 32.1. The van der Waals surface area contributed by atoms with Gasteiger partial charge in [0, 0.05) is 93.7 Å². The Morgan fingerprint density at radius 1 is 0.742 bits per heavy atom. The van der Waals surface area contributed by atoms with E-state index in [1.807, 2.05) is 47.7 Å². The number of fused-ring (bicyclic) bond motifs is 8. The van der Waals surface area contributed by atoms with Crippen LogP contribution >= 0.6 is 11.3 Å². The van der Waals surface area contributed by atoms with Gasteiger partial charge in [0.1, 0.15) is 11.5 Å². The van der Waals surface area contributed by atoms with Gasteiger partial charge in [0.25, 0.3) is 0 Å². The first-order valence-electron chi connectivity index (χ1n) is 23.1. The molecule has 0 N–H and O–H groups in total. The first-order chi connectivity index (χ1) is 32.6. The third-order valence-corrected chi connectivity index (χ3v) is 14.5. The molecule has 2 aliphatic carbocycles. The average molecular weight is 874 g/mol. The van der Waals surface area contributed by atoms with Crippen LogP contribution in [0.25, 0.3) is 94.7 Å². The van der Waals surface area contributed by atoms with E-state index in [-0.39, 0.29) is 0 Å². The van der Waals surface area contributed by atoms with Gasteiger partial charge in [-0.2, -0.15) is 0 Å². The summed E-state index contributed by atoms with van der Waals surface area (Å²) in [6, 6.07) is 40.8. The second kappa shape index (κ2) is 16.4. The SMILES string of the molecule is C=C1C2=C(CCC=C2)N(c2cc(-n3c(CC)c(/C=C\C)c4c5sc6ccccc6c5ccc43)ccc2-c2nc(-c3ccccc3)nc(-c3ccccc3)n2)C/C=C\c2c1oc1c2CCC=C1. The van der Waals surface area contributed by atoms with Gasteiger partial charge in [-0.1, -0.05) is 141 Å². The lowest BCUT2D eigenvalue weighted by Crippen LogP contribution is -2.26. The van der Waals surface area contributed by atoms with Crippen LogP contribution in [0.2, 0.25) is 0 Å². The number of allylic oxidation sites excluding steroid dienone is 7. The van der Waals surface area contributed by atoms with Gasteiger partial charge in [-0.3, -0.25) is 0 Å². The molecule has 0 unspecified atom stereocenters. The molecule has 0 spiro atoms. The summed E-state index contributed by atoms with van der Waals surface area (Å²) in [5.74, 6) is 3.67. The fourth-order valence-electron chi connectivity index (χ4n) is 10.3. The van der Waals surface area contributed by atoms with Gasteiger partial charge in [0.05, 0.1) is 11.2 Å². The van der Waals surface area contributed by atoms with Gasteiger partial charge < -0.3 is 13.9 Å². The van der Waals surface area contributed by atoms with E-state index in [1.165, 1.54) is 53.6 Å². The molecule has 0 atom stereocenters. The number of nitrogens with zero attached hydrogens (tertiary/aromatic N) is 5. The number of rotatable bonds is 7. The van der Waals surface area contributed by atoms with E-state index >= 15 is 0 Å². The minimum atomic E-state index is 0.614. The summed E-state index contributed by atoms with van der Waals surface area (Å²) in [5, 5.41) is 3.90. The summed E-state index contributed by atoms with van der Waals surface area (Å²) >= 11 is 1.89. The van der Waals surface area contributed by atoms with Crippen molar-refractivity contribution in [3.8, 4) is 39.9 Å². The monoisotopic (exact) mass is 873 g/mol. The Hall–Kier alpha value is -7.61. The van der Waals surface area contributed by atoms with Crippen LogP contribution in [0, 0.1) is 0 Å². The Morgan fingerprint density at radius 2 is 1.47 bits per heavy atom. The summed E-state index contributed by atoms with van der Waals surface area (Å²) in [5.41, 5.74) is 14.2. The molecule has 0 fully saturated rings. The van der Waals surface area contributed by atoms with E-state index in [4.69, 9.17) is 25.9 Å². The van der Waals surface area contributed by atoms with Crippen LogP contribution in [0.15, 0.2) is 168 Å². The van der Waals surface area contributed by atoms with Crippen molar-refractivity contribution in [2.45, 2.75) is 46.0 Å². The fourth-order valence-corrected chi connectivity index (χ4v) is 11.6.